The molecule has 0 unspecified atom stereocenters. The van der Waals surface area contributed by atoms with Crippen LogP contribution in [0, 0.1) is 11.6 Å². The molecule has 1 N–H and O–H groups in total. The highest BCUT2D eigenvalue weighted by Gasteiger charge is 2.17. The zero-order chi connectivity index (χ0) is 16.2. The molecule has 120 valence electrons. The summed E-state index contributed by atoms with van der Waals surface area (Å²) in [7, 11) is -3.53. The first-order chi connectivity index (χ1) is 10.4. The van der Waals surface area contributed by atoms with Crippen LogP contribution in [0.25, 0.3) is 0 Å². The van der Waals surface area contributed by atoms with E-state index in [4.69, 9.17) is 0 Å². The van der Waals surface area contributed by atoms with Crippen molar-refractivity contribution in [3.63, 3.8) is 0 Å². The van der Waals surface area contributed by atoms with Crippen LogP contribution < -0.4 is 4.72 Å². The highest BCUT2D eigenvalue weighted by Crippen LogP contribution is 2.12. The summed E-state index contributed by atoms with van der Waals surface area (Å²) in [4.78, 5) is 0. The summed E-state index contributed by atoms with van der Waals surface area (Å²) in [5.41, 5.74) is 0.932. The predicted molar refractivity (Wildman–Crippen MR) is 76.4 cm³/mol. The largest absolute Gasteiger partial charge is 0.364 e. The SMILES string of the molecule is C[C@@H](CCc1ccc(F)c(F)c1)NS(=O)(=O)Cc1ccon1. The summed E-state index contributed by atoms with van der Waals surface area (Å²) in [6.45, 7) is 1.71. The zero-order valence-corrected chi connectivity index (χ0v) is 12.7. The van der Waals surface area contributed by atoms with Crippen molar-refractivity contribution in [1.82, 2.24) is 9.88 Å². The van der Waals surface area contributed by atoms with Crippen LogP contribution in [0.2, 0.25) is 0 Å². The van der Waals surface area contributed by atoms with Crippen LogP contribution in [0.4, 0.5) is 8.78 Å². The number of aryl methyl sites for hydroxylation is 1. The van der Waals surface area contributed by atoms with Crippen LogP contribution in [0.1, 0.15) is 24.6 Å². The molecule has 0 radical (unpaired) electrons. The maximum Gasteiger partial charge on any atom is 0.217 e. The van der Waals surface area contributed by atoms with E-state index in [-0.39, 0.29) is 11.8 Å². The second-order valence-corrected chi connectivity index (χ2v) is 6.81. The molecule has 2 rings (SSSR count). The van der Waals surface area contributed by atoms with E-state index < -0.39 is 21.7 Å². The molecule has 1 aromatic heterocycles. The first-order valence-corrected chi connectivity index (χ1v) is 8.34. The smallest absolute Gasteiger partial charge is 0.217 e. The van der Waals surface area contributed by atoms with Crippen molar-refractivity contribution in [3.05, 3.63) is 53.4 Å². The maximum absolute atomic E-state index is 13.1. The lowest BCUT2D eigenvalue weighted by atomic mass is 10.1. The monoisotopic (exact) mass is 330 g/mol. The minimum Gasteiger partial charge on any atom is -0.364 e. The van der Waals surface area contributed by atoms with Crippen LogP contribution >= 0.6 is 0 Å². The molecular formula is C14H16F2N2O3S. The minimum absolute atomic E-state index is 0.265. The van der Waals surface area contributed by atoms with E-state index in [0.717, 1.165) is 12.1 Å². The Bertz CT molecular complexity index is 718. The summed E-state index contributed by atoms with van der Waals surface area (Å²) >= 11 is 0. The third-order valence-corrected chi connectivity index (χ3v) is 4.50. The average molecular weight is 330 g/mol. The van der Waals surface area contributed by atoms with Crippen molar-refractivity contribution in [3.8, 4) is 0 Å². The number of aromatic nitrogens is 1. The van der Waals surface area contributed by atoms with Crippen LogP contribution in [-0.4, -0.2) is 19.6 Å². The Morgan fingerprint density at radius 1 is 1.27 bits per heavy atom. The number of nitrogens with zero attached hydrogens (tertiary/aromatic N) is 1. The standard InChI is InChI=1S/C14H16F2N2O3S/c1-10(2-3-11-4-5-13(15)14(16)8-11)18-22(19,20)9-12-6-7-21-17-12/h4-8,10,18H,2-3,9H2,1H3/t10-/m0/s1. The molecule has 5 nitrogen and oxygen atoms in total. The average Bonchev–Trinajstić information content (AvgIpc) is 2.91. The number of sulfonamides is 1. The van der Waals surface area contributed by atoms with Crippen molar-refractivity contribution >= 4 is 10.0 Å². The fourth-order valence-corrected chi connectivity index (χ4v) is 3.34. The second-order valence-electron chi connectivity index (χ2n) is 5.06. The molecule has 8 heteroatoms. The van der Waals surface area contributed by atoms with E-state index in [1.54, 1.807) is 6.92 Å². The lowest BCUT2D eigenvalue weighted by Crippen LogP contribution is -2.33. The second kappa shape index (κ2) is 6.97. The summed E-state index contributed by atoms with van der Waals surface area (Å²) in [6.07, 6.45) is 2.20. The molecule has 0 bridgehead atoms. The lowest BCUT2D eigenvalue weighted by Gasteiger charge is -2.13. The third kappa shape index (κ3) is 4.88. The fraction of sp³-hybridized carbons (Fsp3) is 0.357. The van der Waals surface area contributed by atoms with Gasteiger partial charge in [0.1, 0.15) is 12.0 Å². The van der Waals surface area contributed by atoms with Gasteiger partial charge < -0.3 is 4.52 Å². The van der Waals surface area contributed by atoms with Gasteiger partial charge in [-0.2, -0.15) is 0 Å². The van der Waals surface area contributed by atoms with Crippen LogP contribution in [0.5, 0.6) is 0 Å². The van der Waals surface area contributed by atoms with Crippen molar-refractivity contribution < 1.29 is 21.7 Å². The predicted octanol–water partition coefficient (Wildman–Crippen LogP) is 2.39. The van der Waals surface area contributed by atoms with Gasteiger partial charge >= 0.3 is 0 Å². The van der Waals surface area contributed by atoms with Gasteiger partial charge in [-0.25, -0.2) is 21.9 Å². The molecular weight excluding hydrogens is 314 g/mol. The van der Waals surface area contributed by atoms with Crippen LogP contribution in [0.3, 0.4) is 0 Å². The van der Waals surface area contributed by atoms with E-state index in [1.807, 2.05) is 0 Å². The molecule has 0 spiro atoms. The Labute approximate surface area is 127 Å². The maximum atomic E-state index is 13.1. The van der Waals surface area contributed by atoms with Crippen LogP contribution in [0.15, 0.2) is 35.1 Å². The third-order valence-electron chi connectivity index (χ3n) is 3.06. The first-order valence-electron chi connectivity index (χ1n) is 6.69. The number of hydrogen-bond donors (Lipinski definition) is 1. The molecule has 22 heavy (non-hydrogen) atoms. The van der Waals surface area contributed by atoms with Gasteiger partial charge in [-0.05, 0) is 37.5 Å². The van der Waals surface area contributed by atoms with Crippen LogP contribution in [-0.2, 0) is 22.2 Å². The summed E-state index contributed by atoms with van der Waals surface area (Å²) < 4.78 is 56.8. The molecule has 1 heterocycles. The van der Waals surface area contributed by atoms with Gasteiger partial charge in [0.15, 0.2) is 11.6 Å². The Morgan fingerprint density at radius 3 is 2.68 bits per heavy atom. The molecule has 2 aromatic rings. The van der Waals surface area contributed by atoms with E-state index in [2.05, 4.69) is 14.4 Å². The molecule has 0 aliphatic carbocycles. The molecule has 1 aromatic carbocycles. The molecule has 0 aliphatic heterocycles. The highest BCUT2D eigenvalue weighted by molar-refractivity contribution is 7.88. The number of halogens is 2. The summed E-state index contributed by atoms with van der Waals surface area (Å²) in [5, 5.41) is 3.55. The number of rotatable bonds is 7. The van der Waals surface area contributed by atoms with Gasteiger partial charge in [-0.1, -0.05) is 11.2 Å². The Hall–Kier alpha value is -1.80. The molecule has 0 fully saturated rings. The number of benzene rings is 1. The number of hydrogen-bond acceptors (Lipinski definition) is 4. The topological polar surface area (TPSA) is 72.2 Å². The molecule has 0 aliphatic rings. The summed E-state index contributed by atoms with van der Waals surface area (Å²) in [5.74, 6) is -2.07. The minimum atomic E-state index is -3.53. The molecule has 0 amide bonds. The first kappa shape index (κ1) is 16.6. The van der Waals surface area contributed by atoms with Crippen molar-refractivity contribution in [2.45, 2.75) is 31.6 Å². The van der Waals surface area contributed by atoms with Crippen molar-refractivity contribution in [1.29, 1.82) is 0 Å². The van der Waals surface area contributed by atoms with Gasteiger partial charge in [0.25, 0.3) is 0 Å². The fourth-order valence-electron chi connectivity index (χ4n) is 1.99. The molecule has 0 saturated carbocycles. The Kier molecular flexibility index (Phi) is 5.25. The summed E-state index contributed by atoms with van der Waals surface area (Å²) in [6, 6.07) is 4.79. The van der Waals surface area contributed by atoms with Gasteiger partial charge in [0, 0.05) is 12.1 Å². The molecule has 1 atom stereocenters. The van der Waals surface area contributed by atoms with E-state index in [0.29, 0.717) is 24.1 Å². The van der Waals surface area contributed by atoms with Crippen molar-refractivity contribution in [2.24, 2.45) is 0 Å². The van der Waals surface area contributed by atoms with Gasteiger partial charge in [0.05, 0.1) is 5.69 Å². The van der Waals surface area contributed by atoms with Gasteiger partial charge in [-0.15, -0.1) is 0 Å². The Morgan fingerprint density at radius 2 is 2.05 bits per heavy atom. The van der Waals surface area contributed by atoms with E-state index in [1.165, 1.54) is 18.4 Å². The number of nitrogens with one attached hydrogen (secondary N) is 1. The van der Waals surface area contributed by atoms with Gasteiger partial charge in [0.2, 0.25) is 10.0 Å². The van der Waals surface area contributed by atoms with E-state index >= 15 is 0 Å². The normalized spacial score (nSPS) is 13.2. The zero-order valence-electron chi connectivity index (χ0n) is 11.9. The molecule has 0 saturated heterocycles. The quantitative estimate of drug-likeness (QED) is 0.846. The lowest BCUT2D eigenvalue weighted by molar-refractivity contribution is 0.413. The van der Waals surface area contributed by atoms with E-state index in [9.17, 15) is 17.2 Å². The van der Waals surface area contributed by atoms with Crippen molar-refractivity contribution in [2.75, 3.05) is 0 Å². The Balaban J connectivity index is 1.86. The van der Waals surface area contributed by atoms with Gasteiger partial charge in [-0.3, -0.25) is 0 Å². The highest BCUT2D eigenvalue weighted by atomic mass is 32.2.